The Kier molecular flexibility index (Phi) is 9.27. The SMILES string of the molecule is Cc1csc(CCNC(=O)CCCC(=O)[O-])n1.[Na+]. The smallest absolute Gasteiger partial charge is 0.550 e. The van der Waals surface area contributed by atoms with Crippen LogP contribution in [-0.2, 0) is 16.0 Å². The van der Waals surface area contributed by atoms with Crippen molar-refractivity contribution in [3.63, 3.8) is 0 Å². The second-order valence-corrected chi connectivity index (χ2v) is 4.65. The van der Waals surface area contributed by atoms with E-state index < -0.39 is 5.97 Å². The summed E-state index contributed by atoms with van der Waals surface area (Å²) in [7, 11) is 0. The van der Waals surface area contributed by atoms with Crippen LogP contribution in [0, 0.1) is 6.92 Å². The molecule has 1 aromatic rings. The van der Waals surface area contributed by atoms with Crippen LogP contribution in [-0.4, -0.2) is 23.4 Å². The number of rotatable bonds is 7. The van der Waals surface area contributed by atoms with Gasteiger partial charge in [-0.1, -0.05) is 0 Å². The van der Waals surface area contributed by atoms with Gasteiger partial charge in [-0.2, -0.15) is 0 Å². The summed E-state index contributed by atoms with van der Waals surface area (Å²) in [6.45, 7) is 2.47. The Bertz CT molecular complexity index is 395. The van der Waals surface area contributed by atoms with Gasteiger partial charge in [0.1, 0.15) is 0 Å². The number of aromatic nitrogens is 1. The number of nitrogens with zero attached hydrogens (tertiary/aromatic N) is 1. The monoisotopic (exact) mass is 278 g/mol. The van der Waals surface area contributed by atoms with Gasteiger partial charge in [-0.25, -0.2) is 4.98 Å². The van der Waals surface area contributed by atoms with Crippen LogP contribution in [0.25, 0.3) is 0 Å². The fraction of sp³-hybridized carbons (Fsp3) is 0.545. The molecule has 1 rings (SSSR count). The van der Waals surface area contributed by atoms with Gasteiger partial charge >= 0.3 is 29.6 Å². The van der Waals surface area contributed by atoms with Crippen molar-refractivity contribution in [1.29, 1.82) is 0 Å². The summed E-state index contributed by atoms with van der Waals surface area (Å²) in [4.78, 5) is 25.7. The van der Waals surface area contributed by atoms with E-state index in [1.165, 1.54) is 0 Å². The van der Waals surface area contributed by atoms with Gasteiger partial charge in [-0.05, 0) is 19.8 Å². The van der Waals surface area contributed by atoms with Crippen LogP contribution in [0.1, 0.15) is 30.0 Å². The molecule has 18 heavy (non-hydrogen) atoms. The molecule has 1 N–H and O–H groups in total. The van der Waals surface area contributed by atoms with Gasteiger partial charge in [0.25, 0.3) is 0 Å². The van der Waals surface area contributed by atoms with Crippen molar-refractivity contribution in [3.05, 3.63) is 16.1 Å². The number of carbonyl (C=O) groups is 2. The molecule has 0 spiro atoms. The molecule has 1 heterocycles. The van der Waals surface area contributed by atoms with Crippen molar-refractivity contribution >= 4 is 23.2 Å². The van der Waals surface area contributed by atoms with Gasteiger partial charge in [-0.3, -0.25) is 4.79 Å². The van der Waals surface area contributed by atoms with E-state index >= 15 is 0 Å². The zero-order valence-electron chi connectivity index (χ0n) is 10.7. The van der Waals surface area contributed by atoms with Crippen LogP contribution < -0.4 is 40.0 Å². The third kappa shape index (κ3) is 7.81. The first-order valence-electron chi connectivity index (χ1n) is 5.45. The van der Waals surface area contributed by atoms with E-state index in [-0.39, 0.29) is 48.3 Å². The van der Waals surface area contributed by atoms with Crippen molar-refractivity contribution in [2.24, 2.45) is 0 Å². The average molecular weight is 278 g/mol. The summed E-state index contributed by atoms with van der Waals surface area (Å²) in [6.07, 6.45) is 1.19. The van der Waals surface area contributed by atoms with Crippen molar-refractivity contribution < 1.29 is 44.3 Å². The number of carbonyl (C=O) groups excluding carboxylic acids is 2. The minimum absolute atomic E-state index is 0. The molecule has 0 aromatic carbocycles. The zero-order valence-corrected chi connectivity index (χ0v) is 13.5. The van der Waals surface area contributed by atoms with E-state index in [0.29, 0.717) is 19.4 Å². The largest absolute Gasteiger partial charge is 1.00 e. The second-order valence-electron chi connectivity index (χ2n) is 3.71. The van der Waals surface area contributed by atoms with Gasteiger partial charge in [0.2, 0.25) is 5.91 Å². The fourth-order valence-corrected chi connectivity index (χ4v) is 2.08. The molecule has 7 heteroatoms. The van der Waals surface area contributed by atoms with Crippen LogP contribution in [0.4, 0.5) is 0 Å². The van der Waals surface area contributed by atoms with Gasteiger partial charge in [0.15, 0.2) is 0 Å². The number of carboxylic acids is 1. The van der Waals surface area contributed by atoms with Gasteiger partial charge in [-0.15, -0.1) is 11.3 Å². The summed E-state index contributed by atoms with van der Waals surface area (Å²) in [5.41, 5.74) is 0.991. The predicted octanol–water partition coefficient (Wildman–Crippen LogP) is -2.97. The zero-order chi connectivity index (χ0) is 12.7. The molecular weight excluding hydrogens is 263 g/mol. The number of hydrogen-bond donors (Lipinski definition) is 1. The molecule has 94 valence electrons. The normalized spacial score (nSPS) is 9.61. The van der Waals surface area contributed by atoms with Crippen LogP contribution in [0.3, 0.4) is 0 Å². The third-order valence-corrected chi connectivity index (χ3v) is 3.14. The standard InChI is InChI=1S/C11H16N2O3S.Na/c1-8-7-17-10(13-8)5-6-12-9(14)3-2-4-11(15)16;/h7H,2-6H2,1H3,(H,12,14)(H,15,16);/q;+1/p-1. The first-order valence-corrected chi connectivity index (χ1v) is 6.33. The molecule has 0 bridgehead atoms. The molecule has 0 atom stereocenters. The number of aryl methyl sites for hydroxylation is 1. The number of aliphatic carboxylic acids is 1. The van der Waals surface area contributed by atoms with Crippen molar-refractivity contribution in [2.45, 2.75) is 32.6 Å². The maximum Gasteiger partial charge on any atom is 1.00 e. The molecule has 1 amide bonds. The van der Waals surface area contributed by atoms with Crippen LogP contribution in [0.15, 0.2) is 5.38 Å². The Hall–Kier alpha value is -0.430. The Morgan fingerprint density at radius 3 is 2.72 bits per heavy atom. The molecule has 0 saturated heterocycles. The first-order chi connectivity index (χ1) is 8.08. The number of hydrogen-bond acceptors (Lipinski definition) is 5. The second kappa shape index (κ2) is 9.49. The molecule has 0 radical (unpaired) electrons. The Morgan fingerprint density at radius 2 is 2.17 bits per heavy atom. The van der Waals surface area contributed by atoms with Gasteiger partial charge in [0, 0.05) is 36.4 Å². The summed E-state index contributed by atoms with van der Waals surface area (Å²) >= 11 is 1.57. The Morgan fingerprint density at radius 1 is 1.44 bits per heavy atom. The minimum Gasteiger partial charge on any atom is -0.550 e. The van der Waals surface area contributed by atoms with E-state index in [0.717, 1.165) is 10.7 Å². The van der Waals surface area contributed by atoms with E-state index in [1.807, 2.05) is 12.3 Å². The molecular formula is C11H15N2NaO3S. The van der Waals surface area contributed by atoms with E-state index in [2.05, 4.69) is 10.3 Å². The number of carboxylic acid groups (broad SMARTS) is 1. The first kappa shape index (κ1) is 17.6. The summed E-state index contributed by atoms with van der Waals surface area (Å²) in [5, 5.41) is 15.8. The fourth-order valence-electron chi connectivity index (χ4n) is 1.31. The van der Waals surface area contributed by atoms with Gasteiger partial charge in [0.05, 0.1) is 5.01 Å². The molecule has 1 aromatic heterocycles. The maximum atomic E-state index is 11.3. The van der Waals surface area contributed by atoms with Crippen molar-refractivity contribution in [1.82, 2.24) is 10.3 Å². The summed E-state index contributed by atoms with van der Waals surface area (Å²) < 4.78 is 0. The summed E-state index contributed by atoms with van der Waals surface area (Å²) in [6, 6.07) is 0. The minimum atomic E-state index is -1.11. The average Bonchev–Trinajstić information content (AvgIpc) is 2.63. The van der Waals surface area contributed by atoms with Crippen LogP contribution in [0.5, 0.6) is 0 Å². The molecule has 0 aliphatic heterocycles. The number of thiazole rings is 1. The van der Waals surface area contributed by atoms with Crippen molar-refractivity contribution in [2.75, 3.05) is 6.54 Å². The van der Waals surface area contributed by atoms with E-state index in [4.69, 9.17) is 0 Å². The predicted molar refractivity (Wildman–Crippen MR) is 62.4 cm³/mol. The maximum absolute atomic E-state index is 11.3. The van der Waals surface area contributed by atoms with Crippen molar-refractivity contribution in [3.8, 4) is 0 Å². The third-order valence-electron chi connectivity index (χ3n) is 2.11. The van der Waals surface area contributed by atoms with Crippen LogP contribution in [0.2, 0.25) is 0 Å². The van der Waals surface area contributed by atoms with Gasteiger partial charge < -0.3 is 15.2 Å². The molecule has 0 aliphatic carbocycles. The Labute approximate surface area is 132 Å². The molecule has 5 nitrogen and oxygen atoms in total. The molecule has 0 fully saturated rings. The molecule has 0 saturated carbocycles. The number of nitrogens with one attached hydrogen (secondary N) is 1. The molecule has 0 aliphatic rings. The summed E-state index contributed by atoms with van der Waals surface area (Å²) in [5.74, 6) is -1.24. The van der Waals surface area contributed by atoms with Crippen LogP contribution >= 0.6 is 11.3 Å². The topological polar surface area (TPSA) is 82.1 Å². The quantitative estimate of drug-likeness (QED) is 0.540. The Balaban J connectivity index is 0.00000289. The van der Waals surface area contributed by atoms with E-state index in [9.17, 15) is 14.7 Å². The molecule has 0 unspecified atom stereocenters. The number of amides is 1. The van der Waals surface area contributed by atoms with E-state index in [1.54, 1.807) is 11.3 Å².